The van der Waals surface area contributed by atoms with Gasteiger partial charge in [0, 0.05) is 23.2 Å². The van der Waals surface area contributed by atoms with Gasteiger partial charge in [0.15, 0.2) is 0 Å². The molecule has 3 nitrogen and oxygen atoms in total. The molecule has 0 saturated carbocycles. The van der Waals surface area contributed by atoms with Gasteiger partial charge in [0.25, 0.3) is 0 Å². The monoisotopic (exact) mass is 375 g/mol. The third-order valence-corrected chi connectivity index (χ3v) is 3.61. The third kappa shape index (κ3) is 3.87. The van der Waals surface area contributed by atoms with Crippen LogP contribution in [0.3, 0.4) is 0 Å². The molecular weight excluding hydrogens is 364 g/mol. The minimum Gasteiger partial charge on any atom is -0.464 e. The summed E-state index contributed by atoms with van der Waals surface area (Å²) >= 11 is 0. The predicted octanol–water partition coefficient (Wildman–Crippen LogP) is 5.80. The first kappa shape index (κ1) is 18.0. The van der Waals surface area contributed by atoms with Crippen LogP contribution in [0.5, 0.6) is 5.75 Å². The van der Waals surface area contributed by atoms with Gasteiger partial charge in [-0.1, -0.05) is 0 Å². The van der Waals surface area contributed by atoms with Crippen molar-refractivity contribution >= 4 is 16.7 Å². The lowest BCUT2D eigenvalue weighted by Crippen LogP contribution is -2.12. The molecule has 0 aliphatic heterocycles. The maximum Gasteiger partial charge on any atom is 0.420 e. The Hall–Kier alpha value is -2.84. The van der Waals surface area contributed by atoms with E-state index in [-0.39, 0.29) is 17.8 Å². The molecule has 0 aliphatic rings. The van der Waals surface area contributed by atoms with Crippen molar-refractivity contribution in [1.29, 1.82) is 0 Å². The molecule has 2 aromatic carbocycles. The van der Waals surface area contributed by atoms with E-state index >= 15 is 0 Å². The molecule has 9 heteroatoms. The largest absolute Gasteiger partial charge is 0.464 e. The average molecular weight is 375 g/mol. The van der Waals surface area contributed by atoms with Crippen molar-refractivity contribution in [3.63, 3.8) is 0 Å². The molecule has 138 valence electrons. The van der Waals surface area contributed by atoms with Crippen molar-refractivity contribution in [2.24, 2.45) is 0 Å². The van der Waals surface area contributed by atoms with Gasteiger partial charge in [0.2, 0.25) is 0 Å². The highest BCUT2D eigenvalue weighted by atomic mass is 19.4. The van der Waals surface area contributed by atoms with E-state index in [0.29, 0.717) is 17.0 Å². The van der Waals surface area contributed by atoms with Crippen molar-refractivity contribution in [2.45, 2.75) is 19.3 Å². The number of alkyl halides is 5. The second kappa shape index (κ2) is 6.81. The number of hydrogen-bond acceptors (Lipinski definition) is 3. The number of ether oxygens (including phenoxy) is 1. The molecule has 3 aromatic rings. The lowest BCUT2D eigenvalue weighted by Gasteiger charge is -2.15. The fraction of sp³-hybridized carbons (Fsp3) is 0.176. The lowest BCUT2D eigenvalue weighted by atomic mass is 10.1. The summed E-state index contributed by atoms with van der Waals surface area (Å²) in [4.78, 5) is 0. The number of fused-ring (bicyclic) bond motifs is 1. The van der Waals surface area contributed by atoms with Crippen LogP contribution < -0.4 is 10.1 Å². The molecule has 0 aliphatic carbocycles. The summed E-state index contributed by atoms with van der Waals surface area (Å²) in [6, 6.07) is 6.79. The molecule has 0 spiro atoms. The summed E-state index contributed by atoms with van der Waals surface area (Å²) in [5.74, 6) is -1.54. The van der Waals surface area contributed by atoms with Crippen molar-refractivity contribution < 1.29 is 35.5 Å². The number of benzene rings is 2. The number of anilines is 1. The van der Waals surface area contributed by atoms with Crippen LogP contribution >= 0.6 is 0 Å². The first-order chi connectivity index (χ1) is 12.2. The van der Waals surface area contributed by atoms with E-state index in [2.05, 4.69) is 10.1 Å². The van der Waals surface area contributed by atoms with Crippen LogP contribution in [0, 0.1) is 5.82 Å². The van der Waals surface area contributed by atoms with Gasteiger partial charge in [-0.3, -0.25) is 0 Å². The molecule has 3 rings (SSSR count). The van der Waals surface area contributed by atoms with Crippen LogP contribution in [0.1, 0.15) is 11.1 Å². The molecule has 1 N–H and O–H groups in total. The fourth-order valence-electron chi connectivity index (χ4n) is 2.42. The normalized spacial score (nSPS) is 12.0. The lowest BCUT2D eigenvalue weighted by molar-refractivity contribution is -0.141. The highest BCUT2D eigenvalue weighted by Crippen LogP contribution is 2.38. The Morgan fingerprint density at radius 3 is 2.54 bits per heavy atom. The molecule has 0 saturated heterocycles. The van der Waals surface area contributed by atoms with Crippen LogP contribution in [0.15, 0.2) is 47.1 Å². The van der Waals surface area contributed by atoms with Crippen molar-refractivity contribution in [1.82, 2.24) is 0 Å². The quantitative estimate of drug-likeness (QED) is 0.572. The van der Waals surface area contributed by atoms with Crippen molar-refractivity contribution in [3.8, 4) is 5.75 Å². The summed E-state index contributed by atoms with van der Waals surface area (Å²) in [5.41, 5.74) is -0.781. The van der Waals surface area contributed by atoms with Gasteiger partial charge in [-0.25, -0.2) is 4.39 Å². The molecule has 0 amide bonds. The van der Waals surface area contributed by atoms with Crippen LogP contribution in [0.25, 0.3) is 11.0 Å². The number of halogens is 6. The van der Waals surface area contributed by atoms with E-state index in [1.165, 1.54) is 18.4 Å². The zero-order chi connectivity index (χ0) is 18.9. The van der Waals surface area contributed by atoms with Gasteiger partial charge in [0.1, 0.15) is 17.1 Å². The van der Waals surface area contributed by atoms with E-state index in [4.69, 9.17) is 4.42 Å². The van der Waals surface area contributed by atoms with E-state index in [0.717, 1.165) is 12.1 Å². The average Bonchev–Trinajstić information content (AvgIpc) is 2.99. The SMILES string of the molecule is Fc1cc2ccoc2cc1CNc1ccc(OC(F)F)c(C(F)(F)F)c1. The van der Waals surface area contributed by atoms with Gasteiger partial charge in [-0.05, 0) is 36.4 Å². The Bertz CT molecular complexity index is 919. The van der Waals surface area contributed by atoms with E-state index in [1.54, 1.807) is 6.07 Å². The summed E-state index contributed by atoms with van der Waals surface area (Å²) in [7, 11) is 0. The second-order valence-electron chi connectivity index (χ2n) is 5.34. The fourth-order valence-corrected chi connectivity index (χ4v) is 2.42. The Morgan fingerprint density at radius 1 is 1.08 bits per heavy atom. The first-order valence-electron chi connectivity index (χ1n) is 7.29. The Balaban J connectivity index is 1.83. The smallest absolute Gasteiger partial charge is 0.420 e. The Kier molecular flexibility index (Phi) is 4.71. The van der Waals surface area contributed by atoms with Crippen LogP contribution in [0.4, 0.5) is 32.0 Å². The highest BCUT2D eigenvalue weighted by Gasteiger charge is 2.35. The summed E-state index contributed by atoms with van der Waals surface area (Å²) < 4.78 is 86.6. The minimum atomic E-state index is -4.89. The second-order valence-corrected chi connectivity index (χ2v) is 5.34. The van der Waals surface area contributed by atoms with Gasteiger partial charge < -0.3 is 14.5 Å². The molecule has 0 radical (unpaired) electrons. The van der Waals surface area contributed by atoms with Crippen LogP contribution in [-0.2, 0) is 12.7 Å². The van der Waals surface area contributed by atoms with E-state index in [1.807, 2.05) is 0 Å². The number of rotatable bonds is 5. The van der Waals surface area contributed by atoms with Gasteiger partial charge in [-0.2, -0.15) is 22.0 Å². The molecule has 0 atom stereocenters. The molecule has 1 heterocycles. The Labute approximate surface area is 143 Å². The zero-order valence-electron chi connectivity index (χ0n) is 12.9. The summed E-state index contributed by atoms with van der Waals surface area (Å²) in [6.45, 7) is -3.52. The maximum atomic E-state index is 14.0. The standard InChI is InChI=1S/C17H11F6NO2/c18-13-5-9-3-4-25-15(9)6-10(13)8-24-11-1-2-14(26-16(19)20)12(7-11)17(21,22)23/h1-7,16,24H,8H2. The summed E-state index contributed by atoms with van der Waals surface area (Å²) in [6.07, 6.45) is -3.50. The predicted molar refractivity (Wildman–Crippen MR) is 81.6 cm³/mol. The third-order valence-electron chi connectivity index (χ3n) is 3.61. The zero-order valence-corrected chi connectivity index (χ0v) is 12.9. The summed E-state index contributed by atoms with van der Waals surface area (Å²) in [5, 5.41) is 3.18. The van der Waals surface area contributed by atoms with Crippen molar-refractivity contribution in [2.75, 3.05) is 5.32 Å². The Morgan fingerprint density at radius 2 is 1.85 bits per heavy atom. The van der Waals surface area contributed by atoms with Gasteiger partial charge >= 0.3 is 12.8 Å². The van der Waals surface area contributed by atoms with Crippen LogP contribution in [-0.4, -0.2) is 6.61 Å². The van der Waals surface area contributed by atoms with Gasteiger partial charge in [0.05, 0.1) is 11.8 Å². The molecule has 0 fully saturated rings. The van der Waals surface area contributed by atoms with E-state index in [9.17, 15) is 26.3 Å². The first-order valence-corrected chi connectivity index (χ1v) is 7.29. The van der Waals surface area contributed by atoms with E-state index < -0.39 is 29.9 Å². The van der Waals surface area contributed by atoms with Gasteiger partial charge in [-0.15, -0.1) is 0 Å². The van der Waals surface area contributed by atoms with Crippen molar-refractivity contribution in [3.05, 3.63) is 59.6 Å². The minimum absolute atomic E-state index is 0.0297. The number of hydrogen-bond donors (Lipinski definition) is 1. The topological polar surface area (TPSA) is 34.4 Å². The molecule has 26 heavy (non-hydrogen) atoms. The molecule has 1 aromatic heterocycles. The maximum absolute atomic E-state index is 14.0. The molecule has 0 unspecified atom stereocenters. The van der Waals surface area contributed by atoms with Crippen LogP contribution in [0.2, 0.25) is 0 Å². The molecular formula is C17H11F6NO2. The highest BCUT2D eigenvalue weighted by molar-refractivity contribution is 5.78. The molecule has 0 bridgehead atoms. The number of furan rings is 1. The number of nitrogens with one attached hydrogen (secondary N) is 1.